The average molecular weight is 290 g/mol. The number of hydrogen-bond donors (Lipinski definition) is 2. The van der Waals surface area contributed by atoms with Crippen molar-refractivity contribution in [1.29, 1.82) is 0 Å². The number of carbonyl (C=O) groups excluding carboxylic acids is 1. The molecule has 1 aliphatic carbocycles. The normalized spacial score (nSPS) is 16.1. The molecule has 0 saturated heterocycles. The van der Waals surface area contributed by atoms with Crippen LogP contribution < -0.4 is 5.56 Å². The number of halogens is 1. The highest BCUT2D eigenvalue weighted by atomic mass is 35.5. The first-order valence-electron chi connectivity index (χ1n) is 6.32. The third kappa shape index (κ3) is 2.44. The number of amides is 1. The lowest BCUT2D eigenvalue weighted by Gasteiger charge is -2.16. The van der Waals surface area contributed by atoms with Crippen LogP contribution in [0.5, 0.6) is 0 Å². The summed E-state index contributed by atoms with van der Waals surface area (Å²) in [6, 6.07) is 4.72. The summed E-state index contributed by atoms with van der Waals surface area (Å²) >= 11 is 5.77. The molecule has 0 radical (unpaired) electrons. The van der Waals surface area contributed by atoms with Crippen molar-refractivity contribution in [2.45, 2.75) is 19.3 Å². The third-order valence-corrected chi connectivity index (χ3v) is 3.48. The minimum Gasteiger partial charge on any atom is -0.356 e. The van der Waals surface area contributed by atoms with Crippen molar-refractivity contribution in [2.24, 2.45) is 4.99 Å². The minimum absolute atomic E-state index is 0.132. The summed E-state index contributed by atoms with van der Waals surface area (Å²) in [6.45, 7) is 0. The predicted molar refractivity (Wildman–Crippen MR) is 76.7 cm³/mol. The number of aryl methyl sites for hydroxylation is 1. The average Bonchev–Trinajstić information content (AvgIpc) is 2.85. The Kier molecular flexibility index (Phi) is 3.28. The van der Waals surface area contributed by atoms with E-state index in [0.717, 1.165) is 30.5 Å². The Labute approximate surface area is 119 Å². The summed E-state index contributed by atoms with van der Waals surface area (Å²) in [4.78, 5) is 33.1. The van der Waals surface area contributed by atoms with Gasteiger partial charge in [0.15, 0.2) is 0 Å². The van der Waals surface area contributed by atoms with Gasteiger partial charge in [-0.1, -0.05) is 11.6 Å². The molecule has 1 amide bonds. The van der Waals surface area contributed by atoms with Crippen molar-refractivity contribution in [3.8, 4) is 0 Å². The molecular weight excluding hydrogens is 278 g/mol. The second-order valence-corrected chi connectivity index (χ2v) is 5.10. The number of rotatable bonds is 1. The van der Waals surface area contributed by atoms with Gasteiger partial charge in [0.25, 0.3) is 5.91 Å². The lowest BCUT2D eigenvalue weighted by molar-refractivity contribution is 0.0998. The highest BCUT2D eigenvalue weighted by Crippen LogP contribution is 2.19. The zero-order chi connectivity index (χ0) is 14.1. The molecule has 2 heterocycles. The summed E-state index contributed by atoms with van der Waals surface area (Å²) in [5, 5.41) is 0.474. The van der Waals surface area contributed by atoms with Gasteiger partial charge in [-0.2, -0.15) is 0 Å². The van der Waals surface area contributed by atoms with E-state index in [1.54, 1.807) is 18.3 Å². The van der Waals surface area contributed by atoms with E-state index < -0.39 is 0 Å². The maximum absolute atomic E-state index is 12.1. The minimum atomic E-state index is -0.356. The Morgan fingerprint density at radius 3 is 2.90 bits per heavy atom. The molecule has 1 aliphatic rings. The lowest BCUT2D eigenvalue weighted by Crippen LogP contribution is -2.19. The highest BCUT2D eigenvalue weighted by Gasteiger charge is 2.18. The standard InChI is InChI=1S/C14H12ClN3O2/c15-8-6-12(16-7-8)14(20)18-11-3-1-2-10-9(11)4-5-13(19)17-10/h4-7,16H,1-3H2,(H,17,19). The Hall–Kier alpha value is -2.14. The van der Waals surface area contributed by atoms with Gasteiger partial charge >= 0.3 is 0 Å². The van der Waals surface area contributed by atoms with Gasteiger partial charge in [0, 0.05) is 23.5 Å². The largest absolute Gasteiger partial charge is 0.356 e. The first-order chi connectivity index (χ1) is 9.63. The van der Waals surface area contributed by atoms with Crippen molar-refractivity contribution >= 4 is 23.2 Å². The van der Waals surface area contributed by atoms with Gasteiger partial charge in [0.05, 0.1) is 10.7 Å². The van der Waals surface area contributed by atoms with Crippen LogP contribution in [0.15, 0.2) is 34.2 Å². The molecule has 2 aromatic rings. The number of aromatic nitrogens is 2. The molecule has 2 N–H and O–H groups in total. The molecule has 0 bridgehead atoms. The summed E-state index contributed by atoms with van der Waals surface area (Å²) in [5.74, 6) is -0.356. The monoisotopic (exact) mass is 289 g/mol. The number of fused-ring (bicyclic) bond motifs is 1. The van der Waals surface area contributed by atoms with E-state index in [9.17, 15) is 9.59 Å². The SMILES string of the molecule is O=C(N=C1CCCc2[nH]c(=O)ccc21)c1cc(Cl)c[nH]1. The summed E-state index contributed by atoms with van der Waals surface area (Å²) in [7, 11) is 0. The molecule has 0 aliphatic heterocycles. The van der Waals surface area contributed by atoms with Crippen molar-refractivity contribution < 1.29 is 4.79 Å². The molecule has 2 aromatic heterocycles. The molecule has 0 saturated carbocycles. The van der Waals surface area contributed by atoms with Gasteiger partial charge in [0.1, 0.15) is 5.69 Å². The van der Waals surface area contributed by atoms with Crippen LogP contribution in [0.3, 0.4) is 0 Å². The molecule has 3 rings (SSSR count). The number of nitrogens with one attached hydrogen (secondary N) is 2. The van der Waals surface area contributed by atoms with Crippen LogP contribution in [0.4, 0.5) is 0 Å². The number of hydrogen-bond acceptors (Lipinski definition) is 2. The molecule has 0 spiro atoms. The number of aromatic amines is 2. The van der Waals surface area contributed by atoms with Crippen molar-refractivity contribution in [2.75, 3.05) is 0 Å². The van der Waals surface area contributed by atoms with Gasteiger partial charge in [-0.05, 0) is 31.4 Å². The zero-order valence-electron chi connectivity index (χ0n) is 10.6. The van der Waals surface area contributed by atoms with Crippen molar-refractivity contribution in [3.63, 3.8) is 0 Å². The molecule has 5 nitrogen and oxygen atoms in total. The fourth-order valence-electron chi connectivity index (χ4n) is 2.34. The van der Waals surface area contributed by atoms with Crippen molar-refractivity contribution in [1.82, 2.24) is 9.97 Å². The van der Waals surface area contributed by atoms with E-state index in [-0.39, 0.29) is 11.5 Å². The number of pyridine rings is 1. The molecule has 0 unspecified atom stereocenters. The number of aliphatic imine (C=N–C) groups is 1. The number of carbonyl (C=O) groups is 1. The van der Waals surface area contributed by atoms with Gasteiger partial charge in [0.2, 0.25) is 5.56 Å². The van der Waals surface area contributed by atoms with E-state index in [0.29, 0.717) is 16.4 Å². The molecule has 6 heteroatoms. The summed E-state index contributed by atoms with van der Waals surface area (Å²) < 4.78 is 0. The van der Waals surface area contributed by atoms with E-state index in [4.69, 9.17) is 11.6 Å². The van der Waals surface area contributed by atoms with E-state index in [1.807, 2.05) is 0 Å². The maximum Gasteiger partial charge on any atom is 0.293 e. The summed E-state index contributed by atoms with van der Waals surface area (Å²) in [5.41, 5.74) is 2.63. The quantitative estimate of drug-likeness (QED) is 0.845. The molecule has 102 valence electrons. The van der Waals surface area contributed by atoms with Gasteiger partial charge in [-0.15, -0.1) is 0 Å². The van der Waals surface area contributed by atoms with Gasteiger partial charge < -0.3 is 9.97 Å². The number of nitrogens with zero attached hydrogens (tertiary/aromatic N) is 1. The fourth-order valence-corrected chi connectivity index (χ4v) is 2.51. The van der Waals surface area contributed by atoms with Crippen LogP contribution in [-0.4, -0.2) is 21.6 Å². The fraction of sp³-hybridized carbons (Fsp3) is 0.214. The predicted octanol–water partition coefficient (Wildman–Crippen LogP) is 2.32. The Morgan fingerprint density at radius 2 is 2.15 bits per heavy atom. The summed E-state index contributed by atoms with van der Waals surface area (Å²) in [6.07, 6.45) is 3.93. The van der Waals surface area contributed by atoms with Crippen LogP contribution in [0.25, 0.3) is 0 Å². The molecule has 0 atom stereocenters. The van der Waals surface area contributed by atoms with E-state index in [1.165, 1.54) is 6.07 Å². The van der Waals surface area contributed by atoms with Crippen LogP contribution in [0, 0.1) is 0 Å². The first kappa shape index (κ1) is 12.9. The second kappa shape index (κ2) is 5.09. The van der Waals surface area contributed by atoms with Crippen molar-refractivity contribution in [3.05, 3.63) is 56.7 Å². The van der Waals surface area contributed by atoms with Crippen LogP contribution in [0.2, 0.25) is 5.02 Å². The molecule has 0 aromatic carbocycles. The lowest BCUT2D eigenvalue weighted by atomic mass is 9.94. The van der Waals surface area contributed by atoms with Gasteiger partial charge in [-0.25, -0.2) is 4.99 Å². The van der Waals surface area contributed by atoms with E-state index >= 15 is 0 Å². The van der Waals surface area contributed by atoms with Crippen LogP contribution in [0.1, 0.15) is 34.6 Å². The Balaban J connectivity index is 1.98. The Morgan fingerprint density at radius 1 is 1.30 bits per heavy atom. The topological polar surface area (TPSA) is 78.1 Å². The Bertz CT molecular complexity index is 758. The number of H-pyrrole nitrogens is 2. The highest BCUT2D eigenvalue weighted by molar-refractivity contribution is 6.31. The first-order valence-corrected chi connectivity index (χ1v) is 6.69. The smallest absolute Gasteiger partial charge is 0.293 e. The third-order valence-electron chi connectivity index (χ3n) is 3.27. The van der Waals surface area contributed by atoms with E-state index in [2.05, 4.69) is 15.0 Å². The molecule has 0 fully saturated rings. The second-order valence-electron chi connectivity index (χ2n) is 4.66. The van der Waals surface area contributed by atoms with Gasteiger partial charge in [-0.3, -0.25) is 9.59 Å². The maximum atomic E-state index is 12.1. The van der Waals surface area contributed by atoms with Crippen LogP contribution >= 0.6 is 11.6 Å². The van der Waals surface area contributed by atoms with Crippen LogP contribution in [-0.2, 0) is 6.42 Å². The zero-order valence-corrected chi connectivity index (χ0v) is 11.3. The molecule has 20 heavy (non-hydrogen) atoms. The molecular formula is C14H12ClN3O2.